The second kappa shape index (κ2) is 6.88. The number of hydrogen-bond acceptors (Lipinski definition) is 3. The van der Waals surface area contributed by atoms with Crippen LogP contribution in [0.4, 0.5) is 8.78 Å². The predicted molar refractivity (Wildman–Crippen MR) is 85.0 cm³/mol. The van der Waals surface area contributed by atoms with E-state index < -0.39 is 17.2 Å². The predicted octanol–water partition coefficient (Wildman–Crippen LogP) is 3.08. The van der Waals surface area contributed by atoms with Gasteiger partial charge in [-0.3, -0.25) is 0 Å². The van der Waals surface area contributed by atoms with Gasteiger partial charge in [0.1, 0.15) is 29.9 Å². The SMILES string of the molecule is OC(CCc1ccccc1)(Cn1cncn1)c1ccc(F)cc1F. The summed E-state index contributed by atoms with van der Waals surface area (Å²) in [6, 6.07) is 12.8. The van der Waals surface area contributed by atoms with Crippen molar-refractivity contribution < 1.29 is 13.9 Å². The van der Waals surface area contributed by atoms with Crippen LogP contribution in [0.3, 0.4) is 0 Å². The maximum Gasteiger partial charge on any atom is 0.137 e. The van der Waals surface area contributed by atoms with Gasteiger partial charge in [0.2, 0.25) is 0 Å². The second-order valence-electron chi connectivity index (χ2n) is 5.73. The Balaban J connectivity index is 1.90. The molecule has 0 amide bonds. The van der Waals surface area contributed by atoms with Crippen molar-refractivity contribution in [3.8, 4) is 0 Å². The molecule has 0 saturated carbocycles. The second-order valence-corrected chi connectivity index (χ2v) is 5.73. The van der Waals surface area contributed by atoms with E-state index >= 15 is 0 Å². The van der Waals surface area contributed by atoms with Gasteiger partial charge >= 0.3 is 0 Å². The van der Waals surface area contributed by atoms with Gasteiger partial charge < -0.3 is 5.11 Å². The van der Waals surface area contributed by atoms with E-state index in [1.807, 2.05) is 30.3 Å². The summed E-state index contributed by atoms with van der Waals surface area (Å²) in [5, 5.41) is 15.1. The summed E-state index contributed by atoms with van der Waals surface area (Å²) >= 11 is 0. The molecule has 0 aliphatic carbocycles. The highest BCUT2D eigenvalue weighted by Crippen LogP contribution is 2.31. The Morgan fingerprint density at radius 2 is 1.88 bits per heavy atom. The summed E-state index contributed by atoms with van der Waals surface area (Å²) in [7, 11) is 0. The number of benzene rings is 2. The minimum atomic E-state index is -1.53. The van der Waals surface area contributed by atoms with Gasteiger partial charge in [-0.15, -0.1) is 0 Å². The zero-order chi connectivity index (χ0) is 17.0. The Labute approximate surface area is 138 Å². The first kappa shape index (κ1) is 16.3. The van der Waals surface area contributed by atoms with Gasteiger partial charge in [-0.2, -0.15) is 5.10 Å². The minimum absolute atomic E-state index is 0.0301. The summed E-state index contributed by atoms with van der Waals surface area (Å²) in [6.07, 6.45) is 3.61. The van der Waals surface area contributed by atoms with Crippen molar-refractivity contribution in [1.82, 2.24) is 14.8 Å². The number of nitrogens with zero attached hydrogens (tertiary/aromatic N) is 3. The monoisotopic (exact) mass is 329 g/mol. The Morgan fingerprint density at radius 3 is 2.54 bits per heavy atom. The van der Waals surface area contributed by atoms with Crippen LogP contribution in [0.2, 0.25) is 0 Å². The van der Waals surface area contributed by atoms with Crippen LogP contribution in [0.5, 0.6) is 0 Å². The molecule has 1 heterocycles. The third-order valence-corrected chi connectivity index (χ3v) is 3.99. The molecule has 1 atom stereocenters. The lowest BCUT2D eigenvalue weighted by molar-refractivity contribution is 0.00317. The molecule has 1 unspecified atom stereocenters. The fourth-order valence-corrected chi connectivity index (χ4v) is 2.74. The summed E-state index contributed by atoms with van der Waals surface area (Å²) in [5.74, 6) is -1.45. The molecule has 2 aromatic carbocycles. The zero-order valence-corrected chi connectivity index (χ0v) is 12.9. The first-order chi connectivity index (χ1) is 11.6. The summed E-state index contributed by atoms with van der Waals surface area (Å²) in [6.45, 7) is 0.0301. The maximum atomic E-state index is 14.3. The lowest BCUT2D eigenvalue weighted by atomic mass is 9.87. The quantitative estimate of drug-likeness (QED) is 0.756. The van der Waals surface area contributed by atoms with Crippen LogP contribution in [0.25, 0.3) is 0 Å². The lowest BCUT2D eigenvalue weighted by Gasteiger charge is -2.29. The molecule has 1 N–H and O–H groups in total. The van der Waals surface area contributed by atoms with Gasteiger partial charge in [-0.05, 0) is 24.5 Å². The van der Waals surface area contributed by atoms with E-state index in [1.165, 1.54) is 23.4 Å². The molecule has 0 saturated heterocycles. The van der Waals surface area contributed by atoms with Crippen LogP contribution in [-0.2, 0) is 18.6 Å². The molecule has 0 aliphatic heterocycles. The van der Waals surface area contributed by atoms with Gasteiger partial charge in [0, 0.05) is 11.6 Å². The van der Waals surface area contributed by atoms with Gasteiger partial charge in [-0.25, -0.2) is 18.4 Å². The molecule has 4 nitrogen and oxygen atoms in total. The molecule has 0 radical (unpaired) electrons. The maximum absolute atomic E-state index is 14.3. The number of aliphatic hydroxyl groups is 1. The van der Waals surface area contributed by atoms with Crippen LogP contribution >= 0.6 is 0 Å². The first-order valence-corrected chi connectivity index (χ1v) is 7.61. The summed E-state index contributed by atoms with van der Waals surface area (Å²) < 4.78 is 28.9. The molecule has 3 aromatic rings. The zero-order valence-electron chi connectivity index (χ0n) is 12.9. The molecule has 0 fully saturated rings. The summed E-state index contributed by atoms with van der Waals surface area (Å²) in [4.78, 5) is 3.84. The van der Waals surface area contributed by atoms with Crippen LogP contribution in [-0.4, -0.2) is 19.9 Å². The van der Waals surface area contributed by atoms with Crippen molar-refractivity contribution in [2.24, 2.45) is 0 Å². The molecular formula is C18H17F2N3O. The van der Waals surface area contributed by atoms with Crippen LogP contribution < -0.4 is 0 Å². The fraction of sp³-hybridized carbons (Fsp3) is 0.222. The van der Waals surface area contributed by atoms with Gasteiger partial charge in [-0.1, -0.05) is 36.4 Å². The standard InChI is InChI=1S/C18H17F2N3O/c19-15-6-7-16(17(20)10-15)18(24,11-23-13-21-12-22-23)9-8-14-4-2-1-3-5-14/h1-7,10,12-13,24H,8-9,11H2. The largest absolute Gasteiger partial charge is 0.383 e. The van der Waals surface area contributed by atoms with E-state index in [9.17, 15) is 13.9 Å². The Bertz CT molecular complexity index is 793. The molecule has 124 valence electrons. The number of aryl methyl sites for hydroxylation is 1. The number of hydrogen-bond donors (Lipinski definition) is 1. The first-order valence-electron chi connectivity index (χ1n) is 7.61. The Morgan fingerprint density at radius 1 is 1.08 bits per heavy atom. The van der Waals surface area contributed by atoms with Crippen molar-refractivity contribution in [1.29, 1.82) is 0 Å². The molecular weight excluding hydrogens is 312 g/mol. The minimum Gasteiger partial charge on any atom is -0.383 e. The van der Waals surface area contributed by atoms with E-state index in [4.69, 9.17) is 0 Å². The topological polar surface area (TPSA) is 50.9 Å². The molecule has 24 heavy (non-hydrogen) atoms. The van der Waals surface area contributed by atoms with Crippen molar-refractivity contribution >= 4 is 0 Å². The number of rotatable bonds is 6. The highest BCUT2D eigenvalue weighted by molar-refractivity contribution is 5.26. The van der Waals surface area contributed by atoms with E-state index in [0.717, 1.165) is 17.7 Å². The highest BCUT2D eigenvalue weighted by Gasteiger charge is 2.33. The van der Waals surface area contributed by atoms with E-state index in [0.29, 0.717) is 6.42 Å². The van der Waals surface area contributed by atoms with E-state index in [1.54, 1.807) is 0 Å². The normalized spacial score (nSPS) is 13.6. The van der Waals surface area contributed by atoms with Crippen molar-refractivity contribution in [3.63, 3.8) is 0 Å². The number of halogens is 2. The van der Waals surface area contributed by atoms with E-state index in [-0.39, 0.29) is 18.5 Å². The van der Waals surface area contributed by atoms with Crippen molar-refractivity contribution in [2.75, 3.05) is 0 Å². The average Bonchev–Trinajstić information content (AvgIpc) is 3.06. The van der Waals surface area contributed by atoms with Gasteiger partial charge in [0.05, 0.1) is 6.54 Å². The van der Waals surface area contributed by atoms with Crippen LogP contribution in [0.1, 0.15) is 17.5 Å². The van der Waals surface area contributed by atoms with Crippen molar-refractivity contribution in [3.05, 3.63) is 83.9 Å². The fourth-order valence-electron chi connectivity index (χ4n) is 2.74. The van der Waals surface area contributed by atoms with Crippen LogP contribution in [0, 0.1) is 11.6 Å². The molecule has 0 bridgehead atoms. The van der Waals surface area contributed by atoms with E-state index in [2.05, 4.69) is 10.1 Å². The van der Waals surface area contributed by atoms with Gasteiger partial charge in [0.25, 0.3) is 0 Å². The Hall–Kier alpha value is -2.60. The third kappa shape index (κ3) is 3.65. The van der Waals surface area contributed by atoms with Crippen molar-refractivity contribution in [2.45, 2.75) is 25.0 Å². The third-order valence-electron chi connectivity index (χ3n) is 3.99. The molecule has 0 spiro atoms. The smallest absolute Gasteiger partial charge is 0.137 e. The summed E-state index contributed by atoms with van der Waals surface area (Å²) in [5.41, 5.74) is -0.450. The lowest BCUT2D eigenvalue weighted by Crippen LogP contribution is -2.33. The van der Waals surface area contributed by atoms with Crippen LogP contribution in [0.15, 0.2) is 61.2 Å². The highest BCUT2D eigenvalue weighted by atomic mass is 19.1. The molecule has 3 rings (SSSR count). The molecule has 0 aliphatic rings. The van der Waals surface area contributed by atoms with Gasteiger partial charge in [0.15, 0.2) is 0 Å². The number of aromatic nitrogens is 3. The molecule has 1 aromatic heterocycles. The average molecular weight is 329 g/mol. The Kier molecular flexibility index (Phi) is 4.66. The molecule has 6 heteroatoms.